The molecule has 1 aromatic carbocycles. The lowest BCUT2D eigenvalue weighted by Crippen LogP contribution is -2.50. The molecule has 8 heteroatoms. The van der Waals surface area contributed by atoms with Gasteiger partial charge in [-0.1, -0.05) is 13.8 Å². The van der Waals surface area contributed by atoms with E-state index in [2.05, 4.69) is 5.32 Å². The van der Waals surface area contributed by atoms with Crippen molar-refractivity contribution in [3.05, 3.63) is 17.7 Å². The minimum absolute atomic E-state index is 0.0141. The summed E-state index contributed by atoms with van der Waals surface area (Å²) in [4.78, 5) is 11.7. The zero-order chi connectivity index (χ0) is 16.8. The van der Waals surface area contributed by atoms with Crippen LogP contribution >= 0.6 is 0 Å². The second-order valence-corrected chi connectivity index (χ2v) is 5.99. The van der Waals surface area contributed by atoms with Crippen LogP contribution in [-0.2, 0) is 10.3 Å². The Balaban J connectivity index is 2.20. The van der Waals surface area contributed by atoms with Gasteiger partial charge < -0.3 is 14.2 Å². The number of hydrogen-bond acceptors (Lipinski definition) is 4. The highest BCUT2D eigenvalue weighted by Gasteiger charge is 2.63. The number of halogens is 3. The minimum Gasteiger partial charge on any atom is -0.454 e. The first kappa shape index (κ1) is 15.8. The predicted molar refractivity (Wildman–Crippen MR) is 74.5 cm³/mol. The van der Waals surface area contributed by atoms with Crippen LogP contribution in [0.1, 0.15) is 32.3 Å². The van der Waals surface area contributed by atoms with Crippen LogP contribution in [0.15, 0.2) is 12.1 Å². The van der Waals surface area contributed by atoms with E-state index < -0.39 is 17.9 Å². The molecule has 2 aliphatic heterocycles. The summed E-state index contributed by atoms with van der Waals surface area (Å²) in [6.07, 6.45) is -6.06. The van der Waals surface area contributed by atoms with Gasteiger partial charge in [0.05, 0.1) is 11.3 Å². The molecule has 0 aliphatic carbocycles. The number of fused-ring (bicyclic) bond motifs is 3. The molecular weight excluding hydrogens is 315 g/mol. The second kappa shape index (κ2) is 5.21. The maximum atomic E-state index is 14.0. The van der Waals surface area contributed by atoms with Crippen LogP contribution in [0.4, 0.5) is 23.7 Å². The van der Waals surface area contributed by atoms with Gasteiger partial charge in [0.25, 0.3) is 0 Å². The zero-order valence-corrected chi connectivity index (χ0v) is 12.6. The van der Waals surface area contributed by atoms with E-state index >= 15 is 0 Å². The first-order valence-electron chi connectivity index (χ1n) is 7.24. The second-order valence-electron chi connectivity index (χ2n) is 5.99. The summed E-state index contributed by atoms with van der Waals surface area (Å²) in [5, 5.41) is 2.31. The first-order chi connectivity index (χ1) is 10.7. The lowest BCUT2D eigenvalue weighted by Gasteiger charge is -2.40. The van der Waals surface area contributed by atoms with Gasteiger partial charge in [-0.2, -0.15) is 13.2 Å². The number of benzene rings is 1. The van der Waals surface area contributed by atoms with E-state index in [-0.39, 0.29) is 48.3 Å². The first-order valence-corrected chi connectivity index (χ1v) is 7.24. The van der Waals surface area contributed by atoms with Crippen molar-refractivity contribution in [3.8, 4) is 11.5 Å². The van der Waals surface area contributed by atoms with Gasteiger partial charge in [0.1, 0.15) is 0 Å². The number of anilines is 1. The number of cyclic esters (lactones) is 1. The van der Waals surface area contributed by atoms with Crippen LogP contribution in [0, 0.1) is 5.92 Å². The van der Waals surface area contributed by atoms with Gasteiger partial charge in [0, 0.05) is 6.42 Å². The van der Waals surface area contributed by atoms with E-state index in [0.29, 0.717) is 0 Å². The number of carbonyl (C=O) groups excluding carboxylic acids is 1. The highest BCUT2D eigenvalue weighted by Crippen LogP contribution is 2.56. The molecule has 0 fully saturated rings. The number of carbonyl (C=O) groups is 1. The number of alkyl halides is 3. The molecule has 1 atom stereocenters. The SMILES string of the molecule is CC(C)CCC1(C(F)(F)F)OC(=O)Nc2ccc3c(c21)OCO3. The zero-order valence-electron chi connectivity index (χ0n) is 12.6. The number of ether oxygens (including phenoxy) is 3. The van der Waals surface area contributed by atoms with Gasteiger partial charge >= 0.3 is 12.3 Å². The third-order valence-corrected chi connectivity index (χ3v) is 3.98. The molecule has 1 N–H and O–H groups in total. The van der Waals surface area contributed by atoms with E-state index in [1.807, 2.05) is 13.8 Å². The normalized spacial score (nSPS) is 22.6. The summed E-state index contributed by atoms with van der Waals surface area (Å²) < 4.78 is 57.1. The maximum Gasteiger partial charge on any atom is 0.433 e. The summed E-state index contributed by atoms with van der Waals surface area (Å²) in [5.74, 6) is 0.199. The highest BCUT2D eigenvalue weighted by molar-refractivity contribution is 5.90. The molecule has 126 valence electrons. The number of nitrogens with one attached hydrogen (secondary N) is 1. The molecule has 1 amide bonds. The molecule has 2 aliphatic rings. The molecule has 0 radical (unpaired) electrons. The van der Waals surface area contributed by atoms with Crippen LogP contribution in [0.3, 0.4) is 0 Å². The van der Waals surface area contributed by atoms with Gasteiger partial charge in [0.2, 0.25) is 12.4 Å². The molecule has 1 unspecified atom stereocenters. The average Bonchev–Trinajstić information content (AvgIpc) is 2.91. The molecule has 3 rings (SSSR count). The fourth-order valence-electron chi connectivity index (χ4n) is 2.83. The Morgan fingerprint density at radius 2 is 2.04 bits per heavy atom. The Bertz CT molecular complexity index is 644. The van der Waals surface area contributed by atoms with Crippen LogP contribution in [0.5, 0.6) is 11.5 Å². The lowest BCUT2D eigenvalue weighted by atomic mass is 9.83. The smallest absolute Gasteiger partial charge is 0.433 e. The molecule has 0 bridgehead atoms. The van der Waals surface area contributed by atoms with Gasteiger partial charge in [-0.25, -0.2) is 4.79 Å². The standard InChI is InChI=1S/C15H16F3NO4/c1-8(2)5-6-14(15(16,17)18)11-9(19-13(20)23-14)3-4-10-12(11)22-7-21-10/h3-4,8H,5-7H2,1-2H3,(H,19,20). The van der Waals surface area contributed by atoms with Gasteiger partial charge in [-0.05, 0) is 24.5 Å². The van der Waals surface area contributed by atoms with E-state index in [4.69, 9.17) is 14.2 Å². The molecule has 0 spiro atoms. The summed E-state index contributed by atoms with van der Waals surface area (Å²) in [6.45, 7) is 3.45. The summed E-state index contributed by atoms with van der Waals surface area (Å²) in [7, 11) is 0. The third kappa shape index (κ3) is 2.46. The van der Waals surface area contributed by atoms with E-state index in [0.717, 1.165) is 0 Å². The largest absolute Gasteiger partial charge is 0.454 e. The molecule has 5 nitrogen and oxygen atoms in total. The van der Waals surface area contributed by atoms with Crippen LogP contribution in [0.25, 0.3) is 0 Å². The van der Waals surface area contributed by atoms with Crippen molar-refractivity contribution >= 4 is 11.8 Å². The number of hydrogen-bond donors (Lipinski definition) is 1. The van der Waals surface area contributed by atoms with Crippen molar-refractivity contribution in [3.63, 3.8) is 0 Å². The van der Waals surface area contributed by atoms with E-state index in [9.17, 15) is 18.0 Å². The summed E-state index contributed by atoms with van der Waals surface area (Å²) >= 11 is 0. The minimum atomic E-state index is -4.78. The topological polar surface area (TPSA) is 56.8 Å². The van der Waals surface area contributed by atoms with Gasteiger partial charge in [0.15, 0.2) is 11.5 Å². The number of amides is 1. The van der Waals surface area contributed by atoms with Crippen LogP contribution in [-0.4, -0.2) is 19.1 Å². The molecule has 0 saturated heterocycles. The summed E-state index contributed by atoms with van der Waals surface area (Å²) in [6, 6.07) is 2.84. The fraction of sp³-hybridized carbons (Fsp3) is 0.533. The Morgan fingerprint density at radius 3 is 2.70 bits per heavy atom. The summed E-state index contributed by atoms with van der Waals surface area (Å²) in [5.41, 5.74) is -2.93. The average molecular weight is 331 g/mol. The Labute approximate surface area is 130 Å². The monoisotopic (exact) mass is 331 g/mol. The van der Waals surface area contributed by atoms with Crippen LogP contribution in [0.2, 0.25) is 0 Å². The van der Waals surface area contributed by atoms with E-state index in [1.54, 1.807) is 0 Å². The molecular formula is C15H16F3NO4. The van der Waals surface area contributed by atoms with E-state index in [1.165, 1.54) is 12.1 Å². The van der Waals surface area contributed by atoms with Gasteiger partial charge in [-0.15, -0.1) is 0 Å². The molecule has 0 aromatic heterocycles. The highest BCUT2D eigenvalue weighted by atomic mass is 19.4. The maximum absolute atomic E-state index is 14.0. The Hall–Kier alpha value is -2.12. The third-order valence-electron chi connectivity index (χ3n) is 3.98. The van der Waals surface area contributed by atoms with Crippen molar-refractivity contribution in [2.75, 3.05) is 12.1 Å². The van der Waals surface area contributed by atoms with Crippen molar-refractivity contribution in [2.45, 2.75) is 38.5 Å². The fourth-order valence-corrected chi connectivity index (χ4v) is 2.83. The number of rotatable bonds is 3. The van der Waals surface area contributed by atoms with Gasteiger partial charge in [-0.3, -0.25) is 5.32 Å². The predicted octanol–water partition coefficient (Wildman–Crippen LogP) is 4.17. The Morgan fingerprint density at radius 1 is 1.30 bits per heavy atom. The van der Waals surface area contributed by atoms with Crippen molar-refractivity contribution in [1.82, 2.24) is 0 Å². The molecule has 23 heavy (non-hydrogen) atoms. The quantitative estimate of drug-likeness (QED) is 0.903. The van der Waals surface area contributed by atoms with Crippen molar-refractivity contribution in [2.24, 2.45) is 5.92 Å². The van der Waals surface area contributed by atoms with Crippen molar-refractivity contribution in [1.29, 1.82) is 0 Å². The van der Waals surface area contributed by atoms with Crippen LogP contribution < -0.4 is 14.8 Å². The molecule has 2 heterocycles. The molecule has 1 aromatic rings. The molecule has 0 saturated carbocycles. The lowest BCUT2D eigenvalue weighted by molar-refractivity contribution is -0.268. The Kier molecular flexibility index (Phi) is 3.57. The van der Waals surface area contributed by atoms with Crippen molar-refractivity contribution < 1.29 is 32.2 Å².